The number of rotatable bonds is 9. The number of hydrogen-bond acceptors (Lipinski definition) is 5. The van der Waals surface area contributed by atoms with E-state index in [1.165, 1.54) is 12.8 Å². The summed E-state index contributed by atoms with van der Waals surface area (Å²) in [6.07, 6.45) is 4.18. The van der Waals surface area contributed by atoms with E-state index in [-0.39, 0.29) is 17.9 Å². The number of carbonyl (C=O) groups excluding carboxylic acids is 2. The number of carbonyl (C=O) groups is 2. The van der Waals surface area contributed by atoms with Crippen molar-refractivity contribution >= 4 is 11.8 Å². The zero-order valence-corrected chi connectivity index (χ0v) is 21.4. The van der Waals surface area contributed by atoms with Crippen LogP contribution in [0.25, 0.3) is 0 Å². The first-order valence-electron chi connectivity index (χ1n) is 13.4. The van der Waals surface area contributed by atoms with Gasteiger partial charge in [-0.15, -0.1) is 0 Å². The summed E-state index contributed by atoms with van der Waals surface area (Å²) < 4.78 is 11.8. The average Bonchev–Trinajstić information content (AvgIpc) is 3.41. The lowest BCUT2D eigenvalue weighted by Crippen LogP contribution is -2.50. The smallest absolute Gasteiger partial charge is 0.254 e. The summed E-state index contributed by atoms with van der Waals surface area (Å²) in [6, 6.07) is 11.2. The third-order valence-electron chi connectivity index (χ3n) is 7.62. The normalized spacial score (nSPS) is 20.9. The van der Waals surface area contributed by atoms with Crippen LogP contribution in [0.15, 0.2) is 36.4 Å². The first-order chi connectivity index (χ1) is 17.6. The first-order valence-corrected chi connectivity index (χ1v) is 13.4. The molecule has 36 heavy (non-hydrogen) atoms. The standard InChI is InChI=1S/C29H37N3O4/c1-3-35-24-18-20-12-17-32-27(23(20)19-25(24)36-4-2)26(21-10-5-6-11-22(21)29(32)34)28(33)30-13-9-16-31-14-7-8-15-31/h5-6,10-11,18-19,26-27H,3-4,7-9,12-17H2,1-2H3,(H,30,33)/t26-,27-/m1/s1. The van der Waals surface area contributed by atoms with Gasteiger partial charge in [0.05, 0.1) is 25.2 Å². The Morgan fingerprint density at radius 1 is 1.00 bits per heavy atom. The Bertz CT molecular complexity index is 1110. The second kappa shape index (κ2) is 10.9. The van der Waals surface area contributed by atoms with Gasteiger partial charge in [0.15, 0.2) is 11.5 Å². The molecule has 3 aliphatic heterocycles. The molecule has 0 radical (unpaired) electrons. The van der Waals surface area contributed by atoms with Gasteiger partial charge in [-0.25, -0.2) is 0 Å². The second-order valence-electron chi connectivity index (χ2n) is 9.82. The van der Waals surface area contributed by atoms with Crippen molar-refractivity contribution in [1.29, 1.82) is 0 Å². The molecule has 2 atom stereocenters. The molecule has 192 valence electrons. The van der Waals surface area contributed by atoms with Gasteiger partial charge in [0.2, 0.25) is 5.91 Å². The van der Waals surface area contributed by atoms with Crippen LogP contribution in [0, 0.1) is 0 Å². The second-order valence-corrected chi connectivity index (χ2v) is 9.82. The largest absolute Gasteiger partial charge is 0.490 e. The molecule has 3 aliphatic rings. The van der Waals surface area contributed by atoms with Crippen LogP contribution in [0.5, 0.6) is 11.5 Å². The molecule has 0 bridgehead atoms. The molecule has 0 unspecified atom stereocenters. The molecule has 0 aromatic heterocycles. The van der Waals surface area contributed by atoms with Crippen LogP contribution < -0.4 is 14.8 Å². The lowest BCUT2D eigenvalue weighted by molar-refractivity contribution is -0.124. The zero-order valence-electron chi connectivity index (χ0n) is 21.4. The number of ether oxygens (including phenoxy) is 2. The minimum atomic E-state index is -0.475. The molecule has 2 aromatic rings. The van der Waals surface area contributed by atoms with Crippen molar-refractivity contribution in [2.75, 3.05) is 45.9 Å². The molecule has 7 nitrogen and oxygen atoms in total. The zero-order chi connectivity index (χ0) is 25.1. The quantitative estimate of drug-likeness (QED) is 0.539. The average molecular weight is 492 g/mol. The Hall–Kier alpha value is -3.06. The van der Waals surface area contributed by atoms with Crippen LogP contribution >= 0.6 is 0 Å². The molecule has 2 amide bonds. The molecule has 2 aromatic carbocycles. The number of likely N-dealkylation sites (tertiary alicyclic amines) is 1. The molecule has 1 fully saturated rings. The predicted molar refractivity (Wildman–Crippen MR) is 139 cm³/mol. The minimum Gasteiger partial charge on any atom is -0.490 e. The van der Waals surface area contributed by atoms with Crippen molar-refractivity contribution < 1.29 is 19.1 Å². The Morgan fingerprint density at radius 3 is 2.47 bits per heavy atom. The van der Waals surface area contributed by atoms with Crippen molar-refractivity contribution in [1.82, 2.24) is 15.1 Å². The molecular formula is C29H37N3O4. The van der Waals surface area contributed by atoms with Gasteiger partial charge < -0.3 is 24.6 Å². The van der Waals surface area contributed by atoms with Crippen molar-refractivity contribution in [2.24, 2.45) is 0 Å². The number of hydrogen-bond donors (Lipinski definition) is 1. The van der Waals surface area contributed by atoms with Crippen molar-refractivity contribution in [3.05, 3.63) is 58.7 Å². The van der Waals surface area contributed by atoms with E-state index in [0.717, 1.165) is 54.9 Å². The van der Waals surface area contributed by atoms with Gasteiger partial charge >= 0.3 is 0 Å². The van der Waals surface area contributed by atoms with E-state index in [2.05, 4.69) is 10.2 Å². The summed E-state index contributed by atoms with van der Waals surface area (Å²) in [5, 5.41) is 3.21. The topological polar surface area (TPSA) is 71.1 Å². The lowest BCUT2D eigenvalue weighted by Gasteiger charge is -2.45. The number of benzene rings is 2. The van der Waals surface area contributed by atoms with Crippen LogP contribution in [0.3, 0.4) is 0 Å². The molecule has 0 spiro atoms. The summed E-state index contributed by atoms with van der Waals surface area (Å²) in [7, 11) is 0. The van der Waals surface area contributed by atoms with Gasteiger partial charge in [-0.2, -0.15) is 0 Å². The maximum atomic E-state index is 13.8. The number of nitrogens with zero attached hydrogens (tertiary/aromatic N) is 2. The van der Waals surface area contributed by atoms with Gasteiger partial charge in [-0.3, -0.25) is 9.59 Å². The first kappa shape index (κ1) is 24.6. The molecule has 0 aliphatic carbocycles. The number of fused-ring (bicyclic) bond motifs is 4. The fourth-order valence-electron chi connectivity index (χ4n) is 5.98. The molecule has 3 heterocycles. The summed E-state index contributed by atoms with van der Waals surface area (Å²) >= 11 is 0. The highest BCUT2D eigenvalue weighted by atomic mass is 16.5. The molecule has 7 heteroatoms. The van der Waals surface area contributed by atoms with Gasteiger partial charge in [-0.1, -0.05) is 18.2 Å². The highest BCUT2D eigenvalue weighted by Gasteiger charge is 2.46. The van der Waals surface area contributed by atoms with E-state index in [1.54, 1.807) is 0 Å². The van der Waals surface area contributed by atoms with E-state index in [4.69, 9.17) is 9.47 Å². The fraction of sp³-hybridized carbons (Fsp3) is 0.517. The van der Waals surface area contributed by atoms with Crippen molar-refractivity contribution in [3.8, 4) is 11.5 Å². The van der Waals surface area contributed by atoms with Crippen LogP contribution in [0.4, 0.5) is 0 Å². The van der Waals surface area contributed by atoms with Gasteiger partial charge in [0, 0.05) is 18.7 Å². The van der Waals surface area contributed by atoms with Crippen molar-refractivity contribution in [2.45, 2.75) is 51.5 Å². The molecule has 0 saturated carbocycles. The summed E-state index contributed by atoms with van der Waals surface area (Å²) in [5.74, 6) is 0.877. The van der Waals surface area contributed by atoms with E-state index < -0.39 is 5.92 Å². The Balaban J connectivity index is 1.47. The molecular weight excluding hydrogens is 454 g/mol. The van der Waals surface area contributed by atoms with Gasteiger partial charge in [0.1, 0.15) is 0 Å². The Kier molecular flexibility index (Phi) is 7.46. The van der Waals surface area contributed by atoms with E-state index in [0.29, 0.717) is 37.6 Å². The van der Waals surface area contributed by atoms with Crippen LogP contribution in [-0.2, 0) is 11.2 Å². The maximum Gasteiger partial charge on any atom is 0.254 e. The monoisotopic (exact) mass is 491 g/mol. The Labute approximate surface area is 213 Å². The predicted octanol–water partition coefficient (Wildman–Crippen LogP) is 3.92. The molecule has 5 rings (SSSR count). The summed E-state index contributed by atoms with van der Waals surface area (Å²) in [5.41, 5.74) is 3.53. The number of amides is 2. The molecule has 1 saturated heterocycles. The van der Waals surface area contributed by atoms with E-state index >= 15 is 0 Å². The van der Waals surface area contributed by atoms with Crippen molar-refractivity contribution in [3.63, 3.8) is 0 Å². The highest BCUT2D eigenvalue weighted by Crippen LogP contribution is 2.48. The van der Waals surface area contributed by atoms with Gasteiger partial charge in [-0.05, 0) is 94.1 Å². The fourth-order valence-corrected chi connectivity index (χ4v) is 5.98. The van der Waals surface area contributed by atoms with Crippen LogP contribution in [0.1, 0.15) is 72.1 Å². The third kappa shape index (κ3) is 4.69. The Morgan fingerprint density at radius 2 is 1.72 bits per heavy atom. The highest BCUT2D eigenvalue weighted by molar-refractivity contribution is 6.01. The van der Waals surface area contributed by atoms with Crippen LogP contribution in [0.2, 0.25) is 0 Å². The summed E-state index contributed by atoms with van der Waals surface area (Å²) in [4.78, 5) is 31.7. The third-order valence-corrected chi connectivity index (χ3v) is 7.62. The lowest BCUT2D eigenvalue weighted by atomic mass is 9.75. The molecule has 1 N–H and O–H groups in total. The minimum absolute atomic E-state index is 0.00817. The van der Waals surface area contributed by atoms with E-state index in [9.17, 15) is 9.59 Å². The van der Waals surface area contributed by atoms with Gasteiger partial charge in [0.25, 0.3) is 5.91 Å². The summed E-state index contributed by atoms with van der Waals surface area (Å²) in [6.45, 7) is 9.49. The number of nitrogens with one attached hydrogen (secondary N) is 1. The van der Waals surface area contributed by atoms with Crippen LogP contribution in [-0.4, -0.2) is 67.6 Å². The van der Waals surface area contributed by atoms with E-state index in [1.807, 2.05) is 55.1 Å². The SMILES string of the molecule is CCOc1cc2c(cc1OCC)[C@@H]1[C@H](C(=O)NCCCN3CCCC3)c3ccccc3C(=O)N1CC2. The maximum absolute atomic E-state index is 13.8.